The van der Waals surface area contributed by atoms with Gasteiger partial charge in [-0.25, -0.2) is 0 Å². The minimum Gasteiger partial charge on any atom is -0.496 e. The van der Waals surface area contributed by atoms with Crippen molar-refractivity contribution in [2.24, 2.45) is 0 Å². The number of hydrogen-bond donors (Lipinski definition) is 2. The second kappa shape index (κ2) is 8.77. The topological polar surface area (TPSA) is 50.4 Å². The lowest BCUT2D eigenvalue weighted by Crippen LogP contribution is -2.29. The monoisotopic (exact) mass is 352 g/mol. The first-order valence-corrected chi connectivity index (χ1v) is 7.94. The normalized spacial score (nSPS) is 10.4. The van der Waals surface area contributed by atoms with Crippen molar-refractivity contribution in [2.45, 2.75) is 6.42 Å². The zero-order valence-electron chi connectivity index (χ0n) is 12.7. The van der Waals surface area contributed by atoms with Gasteiger partial charge in [0, 0.05) is 0 Å². The van der Waals surface area contributed by atoms with Crippen molar-refractivity contribution in [1.82, 2.24) is 5.32 Å². The highest BCUT2D eigenvalue weighted by Gasteiger charge is 2.08. The first-order chi connectivity index (χ1) is 11.1. The molecule has 0 heterocycles. The van der Waals surface area contributed by atoms with E-state index >= 15 is 0 Å². The molecule has 0 aliphatic rings. The summed E-state index contributed by atoms with van der Waals surface area (Å²) in [5, 5.41) is 6.58. The number of para-hydroxylation sites is 1. The van der Waals surface area contributed by atoms with E-state index in [1.807, 2.05) is 24.3 Å². The SMILES string of the molecule is COc1ccccc1CCNCC(=O)Nc1cccc(Cl)c1Cl. The van der Waals surface area contributed by atoms with Gasteiger partial charge in [-0.3, -0.25) is 4.79 Å². The Kier molecular flexibility index (Phi) is 6.71. The molecule has 0 spiro atoms. The third-order valence-electron chi connectivity index (χ3n) is 3.27. The van der Waals surface area contributed by atoms with Crippen molar-refractivity contribution in [3.63, 3.8) is 0 Å². The zero-order valence-corrected chi connectivity index (χ0v) is 14.2. The van der Waals surface area contributed by atoms with Gasteiger partial charge in [0.15, 0.2) is 0 Å². The lowest BCUT2D eigenvalue weighted by atomic mass is 10.1. The molecule has 122 valence electrons. The molecule has 2 aromatic rings. The minimum atomic E-state index is -0.172. The first kappa shape index (κ1) is 17.6. The number of hydrogen-bond acceptors (Lipinski definition) is 3. The van der Waals surface area contributed by atoms with Crippen LogP contribution in [0.5, 0.6) is 5.75 Å². The molecule has 23 heavy (non-hydrogen) atoms. The standard InChI is InChI=1S/C17H18Cl2N2O2/c1-23-15-8-3-2-5-12(15)9-10-20-11-16(22)21-14-7-4-6-13(18)17(14)19/h2-8,20H,9-11H2,1H3,(H,21,22). The van der Waals surface area contributed by atoms with Gasteiger partial charge in [0.05, 0.1) is 29.4 Å². The zero-order chi connectivity index (χ0) is 16.7. The number of rotatable bonds is 7. The third-order valence-corrected chi connectivity index (χ3v) is 4.09. The van der Waals surface area contributed by atoms with Crippen molar-refractivity contribution >= 4 is 34.8 Å². The van der Waals surface area contributed by atoms with E-state index in [0.717, 1.165) is 17.7 Å². The van der Waals surface area contributed by atoms with E-state index in [9.17, 15) is 4.79 Å². The Hall–Kier alpha value is -1.75. The van der Waals surface area contributed by atoms with Gasteiger partial charge < -0.3 is 15.4 Å². The largest absolute Gasteiger partial charge is 0.496 e. The summed E-state index contributed by atoms with van der Waals surface area (Å²) in [5.41, 5.74) is 1.61. The van der Waals surface area contributed by atoms with Gasteiger partial charge in [-0.05, 0) is 36.7 Å². The molecular formula is C17H18Cl2N2O2. The summed E-state index contributed by atoms with van der Waals surface area (Å²) in [6.45, 7) is 0.856. The van der Waals surface area contributed by atoms with Crippen molar-refractivity contribution in [3.8, 4) is 5.75 Å². The number of carbonyl (C=O) groups excluding carboxylic acids is 1. The molecule has 1 amide bonds. The van der Waals surface area contributed by atoms with Gasteiger partial charge >= 0.3 is 0 Å². The van der Waals surface area contributed by atoms with Crippen LogP contribution in [0.15, 0.2) is 42.5 Å². The average molecular weight is 353 g/mol. The van der Waals surface area contributed by atoms with Crippen LogP contribution < -0.4 is 15.4 Å². The van der Waals surface area contributed by atoms with Gasteiger partial charge in [0.1, 0.15) is 5.75 Å². The van der Waals surface area contributed by atoms with E-state index < -0.39 is 0 Å². The lowest BCUT2D eigenvalue weighted by molar-refractivity contribution is -0.115. The van der Waals surface area contributed by atoms with Gasteiger partial charge in [-0.15, -0.1) is 0 Å². The predicted molar refractivity (Wildman–Crippen MR) is 94.7 cm³/mol. The van der Waals surface area contributed by atoms with E-state index in [1.165, 1.54) is 0 Å². The average Bonchev–Trinajstić information content (AvgIpc) is 2.56. The highest BCUT2D eigenvalue weighted by Crippen LogP contribution is 2.29. The van der Waals surface area contributed by atoms with Crippen LogP contribution in [0.3, 0.4) is 0 Å². The van der Waals surface area contributed by atoms with E-state index in [4.69, 9.17) is 27.9 Å². The summed E-state index contributed by atoms with van der Waals surface area (Å²) in [4.78, 5) is 11.9. The first-order valence-electron chi connectivity index (χ1n) is 7.18. The van der Waals surface area contributed by atoms with E-state index in [0.29, 0.717) is 22.3 Å². The summed E-state index contributed by atoms with van der Waals surface area (Å²) in [5.74, 6) is 0.679. The molecule has 0 aliphatic carbocycles. The van der Waals surface area contributed by atoms with Crippen LogP contribution in [-0.2, 0) is 11.2 Å². The molecule has 0 saturated carbocycles. The summed E-state index contributed by atoms with van der Waals surface area (Å²) in [6.07, 6.45) is 0.773. The van der Waals surface area contributed by atoms with Gasteiger partial charge in [0.25, 0.3) is 0 Å². The molecule has 2 rings (SSSR count). The Morgan fingerprint density at radius 3 is 2.70 bits per heavy atom. The molecule has 0 aliphatic heterocycles. The molecule has 2 aromatic carbocycles. The molecule has 0 bridgehead atoms. The number of methoxy groups -OCH3 is 1. The molecule has 0 atom stereocenters. The van der Waals surface area contributed by atoms with Crippen LogP contribution in [0.1, 0.15) is 5.56 Å². The number of benzene rings is 2. The summed E-state index contributed by atoms with van der Waals surface area (Å²) in [7, 11) is 1.65. The fraction of sp³-hybridized carbons (Fsp3) is 0.235. The fourth-order valence-electron chi connectivity index (χ4n) is 2.13. The number of carbonyl (C=O) groups is 1. The summed E-state index contributed by atoms with van der Waals surface area (Å²) < 4.78 is 5.29. The molecule has 0 aromatic heterocycles. The van der Waals surface area contributed by atoms with Crippen molar-refractivity contribution in [1.29, 1.82) is 0 Å². The maximum atomic E-state index is 11.9. The lowest BCUT2D eigenvalue weighted by Gasteiger charge is -2.10. The molecule has 6 heteroatoms. The fourth-order valence-corrected chi connectivity index (χ4v) is 2.48. The van der Waals surface area contributed by atoms with Gasteiger partial charge in [-0.2, -0.15) is 0 Å². The van der Waals surface area contributed by atoms with Crippen LogP contribution in [0, 0.1) is 0 Å². The van der Waals surface area contributed by atoms with Crippen molar-refractivity contribution in [2.75, 3.05) is 25.5 Å². The number of ether oxygens (including phenoxy) is 1. The molecular weight excluding hydrogens is 335 g/mol. The quantitative estimate of drug-likeness (QED) is 0.745. The molecule has 0 radical (unpaired) electrons. The molecule has 0 fully saturated rings. The Morgan fingerprint density at radius 1 is 1.13 bits per heavy atom. The predicted octanol–water partition coefficient (Wildman–Crippen LogP) is 3.77. The van der Waals surface area contributed by atoms with Gasteiger partial charge in [-0.1, -0.05) is 47.5 Å². The molecule has 2 N–H and O–H groups in total. The van der Waals surface area contributed by atoms with Crippen LogP contribution in [0.4, 0.5) is 5.69 Å². The number of anilines is 1. The molecule has 4 nitrogen and oxygen atoms in total. The second-order valence-corrected chi connectivity index (χ2v) is 5.67. The molecule has 0 unspecified atom stereocenters. The second-order valence-electron chi connectivity index (χ2n) is 4.89. The Balaban J connectivity index is 1.78. The Labute approximate surface area is 145 Å². The van der Waals surface area contributed by atoms with E-state index in [1.54, 1.807) is 25.3 Å². The smallest absolute Gasteiger partial charge is 0.238 e. The number of nitrogens with one attached hydrogen (secondary N) is 2. The van der Waals surface area contributed by atoms with Crippen LogP contribution in [0.25, 0.3) is 0 Å². The maximum Gasteiger partial charge on any atom is 0.238 e. The summed E-state index contributed by atoms with van der Waals surface area (Å²) in [6, 6.07) is 12.9. The minimum absolute atomic E-state index is 0.172. The number of amides is 1. The van der Waals surface area contributed by atoms with Gasteiger partial charge in [0.2, 0.25) is 5.91 Å². The van der Waals surface area contributed by atoms with Crippen LogP contribution >= 0.6 is 23.2 Å². The van der Waals surface area contributed by atoms with Crippen molar-refractivity contribution in [3.05, 3.63) is 58.1 Å². The van der Waals surface area contributed by atoms with Crippen LogP contribution in [0.2, 0.25) is 10.0 Å². The third kappa shape index (κ3) is 5.13. The van der Waals surface area contributed by atoms with Crippen molar-refractivity contribution < 1.29 is 9.53 Å². The highest BCUT2D eigenvalue weighted by atomic mass is 35.5. The Morgan fingerprint density at radius 2 is 1.91 bits per heavy atom. The van der Waals surface area contributed by atoms with E-state index in [2.05, 4.69) is 10.6 Å². The number of halogens is 2. The molecule has 0 saturated heterocycles. The highest BCUT2D eigenvalue weighted by molar-refractivity contribution is 6.43. The Bertz CT molecular complexity index is 677. The summed E-state index contributed by atoms with van der Waals surface area (Å²) >= 11 is 11.9. The van der Waals surface area contributed by atoms with Crippen LogP contribution in [-0.4, -0.2) is 26.1 Å². The maximum absolute atomic E-state index is 11.9. The van der Waals surface area contributed by atoms with E-state index in [-0.39, 0.29) is 12.5 Å².